The molecule has 0 amide bonds. The second-order valence-electron chi connectivity index (χ2n) is 4.89. The average Bonchev–Trinajstić information content (AvgIpc) is 2.24. The minimum Gasteiger partial charge on any atom is -0.0533 e. The van der Waals surface area contributed by atoms with Crippen molar-refractivity contribution in [3.63, 3.8) is 0 Å². The number of hydrogen-bond donors (Lipinski definition) is 0. The minimum atomic E-state index is 1.12. The monoisotopic (exact) mass is 166 g/mol. The summed E-state index contributed by atoms with van der Waals surface area (Å²) in [5, 5.41) is 0. The van der Waals surface area contributed by atoms with Crippen LogP contribution in [-0.2, 0) is 0 Å². The van der Waals surface area contributed by atoms with E-state index in [0.717, 1.165) is 11.8 Å². The summed E-state index contributed by atoms with van der Waals surface area (Å²) in [7, 11) is 0. The third kappa shape index (κ3) is 2.24. The van der Waals surface area contributed by atoms with Crippen molar-refractivity contribution < 1.29 is 0 Å². The fourth-order valence-corrected chi connectivity index (χ4v) is 2.80. The summed E-state index contributed by atoms with van der Waals surface area (Å²) >= 11 is 0. The molecule has 0 aliphatic heterocycles. The maximum Gasteiger partial charge on any atom is -0.0412 e. The van der Waals surface area contributed by atoms with Crippen molar-refractivity contribution in [2.24, 2.45) is 11.8 Å². The van der Waals surface area contributed by atoms with Crippen molar-refractivity contribution in [1.82, 2.24) is 0 Å². The molecule has 0 radical (unpaired) electrons. The molecule has 0 spiro atoms. The Bertz CT molecular complexity index is 116. The SMILES string of the molecule is C1CCCC(CC2CCC2)CC1. The number of rotatable bonds is 2. The van der Waals surface area contributed by atoms with E-state index in [2.05, 4.69) is 0 Å². The molecule has 0 saturated heterocycles. The first-order valence-electron chi connectivity index (χ1n) is 5.95. The largest absolute Gasteiger partial charge is 0.0533 e. The van der Waals surface area contributed by atoms with Gasteiger partial charge in [-0.3, -0.25) is 0 Å². The molecule has 2 rings (SSSR count). The van der Waals surface area contributed by atoms with Crippen LogP contribution in [0.4, 0.5) is 0 Å². The molecular formula is C12H22. The van der Waals surface area contributed by atoms with Crippen LogP contribution in [0.25, 0.3) is 0 Å². The molecule has 0 heteroatoms. The first-order valence-corrected chi connectivity index (χ1v) is 5.95. The minimum absolute atomic E-state index is 1.12. The molecule has 0 N–H and O–H groups in total. The summed E-state index contributed by atoms with van der Waals surface area (Å²) in [6.07, 6.45) is 15.4. The van der Waals surface area contributed by atoms with Crippen molar-refractivity contribution in [3.05, 3.63) is 0 Å². The van der Waals surface area contributed by atoms with Gasteiger partial charge in [0.1, 0.15) is 0 Å². The van der Waals surface area contributed by atoms with Gasteiger partial charge in [0.15, 0.2) is 0 Å². The Morgan fingerprint density at radius 1 is 0.583 bits per heavy atom. The Morgan fingerprint density at radius 2 is 1.08 bits per heavy atom. The Balaban J connectivity index is 1.69. The highest BCUT2D eigenvalue weighted by Crippen LogP contribution is 2.36. The summed E-state index contributed by atoms with van der Waals surface area (Å²) < 4.78 is 0. The fourth-order valence-electron chi connectivity index (χ4n) is 2.80. The van der Waals surface area contributed by atoms with Crippen LogP contribution < -0.4 is 0 Å². The van der Waals surface area contributed by atoms with E-state index in [-0.39, 0.29) is 0 Å². The predicted octanol–water partition coefficient (Wildman–Crippen LogP) is 4.15. The van der Waals surface area contributed by atoms with E-state index < -0.39 is 0 Å². The molecule has 0 aromatic carbocycles. The molecule has 2 saturated carbocycles. The van der Waals surface area contributed by atoms with Gasteiger partial charge in [-0.1, -0.05) is 57.8 Å². The maximum atomic E-state index is 1.58. The van der Waals surface area contributed by atoms with Gasteiger partial charge < -0.3 is 0 Å². The van der Waals surface area contributed by atoms with E-state index in [1.54, 1.807) is 32.1 Å². The lowest BCUT2D eigenvalue weighted by Gasteiger charge is -2.29. The van der Waals surface area contributed by atoms with Crippen molar-refractivity contribution >= 4 is 0 Å². The van der Waals surface area contributed by atoms with Crippen LogP contribution >= 0.6 is 0 Å². The van der Waals surface area contributed by atoms with Crippen LogP contribution in [0.15, 0.2) is 0 Å². The van der Waals surface area contributed by atoms with Crippen molar-refractivity contribution in [1.29, 1.82) is 0 Å². The zero-order chi connectivity index (χ0) is 8.23. The van der Waals surface area contributed by atoms with E-state index in [4.69, 9.17) is 0 Å². The molecule has 0 heterocycles. The molecule has 0 nitrogen and oxygen atoms in total. The Morgan fingerprint density at radius 3 is 1.50 bits per heavy atom. The Hall–Kier alpha value is 0. The standard InChI is InChI=1S/C12H22/c1-2-4-7-11(6-3-1)10-12-8-5-9-12/h11-12H,1-10H2. The molecule has 70 valence electrons. The lowest BCUT2D eigenvalue weighted by molar-refractivity contribution is 0.236. The highest BCUT2D eigenvalue weighted by atomic mass is 14.3. The normalized spacial score (nSPS) is 28.0. The molecule has 0 atom stereocenters. The predicted molar refractivity (Wildman–Crippen MR) is 53.2 cm³/mol. The summed E-state index contributed by atoms with van der Waals surface area (Å²) in [6.45, 7) is 0. The maximum absolute atomic E-state index is 1.58. The third-order valence-corrected chi connectivity index (χ3v) is 3.87. The first kappa shape index (κ1) is 8.59. The van der Waals surface area contributed by atoms with Gasteiger partial charge in [-0.25, -0.2) is 0 Å². The molecule has 0 aromatic heterocycles. The Labute approximate surface area is 76.7 Å². The highest BCUT2D eigenvalue weighted by molar-refractivity contribution is 4.74. The summed E-state index contributed by atoms with van der Waals surface area (Å²) in [5.74, 6) is 2.27. The average molecular weight is 166 g/mol. The summed E-state index contributed by atoms with van der Waals surface area (Å²) in [5.41, 5.74) is 0. The zero-order valence-electron chi connectivity index (χ0n) is 8.23. The first-order chi connectivity index (χ1) is 5.95. The van der Waals surface area contributed by atoms with E-state index in [0.29, 0.717) is 0 Å². The summed E-state index contributed by atoms with van der Waals surface area (Å²) in [4.78, 5) is 0. The van der Waals surface area contributed by atoms with Gasteiger partial charge in [0.2, 0.25) is 0 Å². The van der Waals surface area contributed by atoms with E-state index >= 15 is 0 Å². The lowest BCUT2D eigenvalue weighted by atomic mass is 9.77. The molecule has 0 unspecified atom stereocenters. The van der Waals surface area contributed by atoms with Crippen LogP contribution in [0.3, 0.4) is 0 Å². The fraction of sp³-hybridized carbons (Fsp3) is 1.00. The van der Waals surface area contributed by atoms with Gasteiger partial charge in [0.25, 0.3) is 0 Å². The lowest BCUT2D eigenvalue weighted by Crippen LogP contribution is -2.15. The smallest absolute Gasteiger partial charge is 0.0412 e. The van der Waals surface area contributed by atoms with Crippen molar-refractivity contribution in [3.8, 4) is 0 Å². The zero-order valence-corrected chi connectivity index (χ0v) is 8.23. The van der Waals surface area contributed by atoms with Gasteiger partial charge in [-0.05, 0) is 18.3 Å². The molecule has 2 aliphatic carbocycles. The Kier molecular flexibility index (Phi) is 3.08. The van der Waals surface area contributed by atoms with Gasteiger partial charge in [-0.15, -0.1) is 0 Å². The van der Waals surface area contributed by atoms with Crippen molar-refractivity contribution in [2.45, 2.75) is 64.2 Å². The van der Waals surface area contributed by atoms with E-state index in [1.807, 2.05) is 0 Å². The van der Waals surface area contributed by atoms with Crippen LogP contribution in [0, 0.1) is 11.8 Å². The van der Waals surface area contributed by atoms with Gasteiger partial charge in [0, 0.05) is 0 Å². The molecule has 12 heavy (non-hydrogen) atoms. The second-order valence-corrected chi connectivity index (χ2v) is 4.89. The molecular weight excluding hydrogens is 144 g/mol. The van der Waals surface area contributed by atoms with Crippen molar-refractivity contribution in [2.75, 3.05) is 0 Å². The van der Waals surface area contributed by atoms with Crippen LogP contribution in [0.2, 0.25) is 0 Å². The van der Waals surface area contributed by atoms with Crippen LogP contribution in [0.5, 0.6) is 0 Å². The van der Waals surface area contributed by atoms with E-state index in [1.165, 1.54) is 32.1 Å². The second kappa shape index (κ2) is 4.30. The topological polar surface area (TPSA) is 0 Å². The molecule has 0 aromatic rings. The third-order valence-electron chi connectivity index (χ3n) is 3.87. The van der Waals surface area contributed by atoms with Gasteiger partial charge in [-0.2, -0.15) is 0 Å². The summed E-state index contributed by atoms with van der Waals surface area (Å²) in [6, 6.07) is 0. The molecule has 2 fully saturated rings. The highest BCUT2D eigenvalue weighted by Gasteiger charge is 2.22. The van der Waals surface area contributed by atoms with Gasteiger partial charge in [0.05, 0.1) is 0 Å². The molecule has 2 aliphatic rings. The van der Waals surface area contributed by atoms with E-state index in [9.17, 15) is 0 Å². The van der Waals surface area contributed by atoms with Gasteiger partial charge >= 0.3 is 0 Å². The van der Waals surface area contributed by atoms with Crippen LogP contribution in [-0.4, -0.2) is 0 Å². The molecule has 0 bridgehead atoms. The quantitative estimate of drug-likeness (QED) is 0.541. The van der Waals surface area contributed by atoms with Crippen LogP contribution in [0.1, 0.15) is 64.2 Å². The number of hydrogen-bond acceptors (Lipinski definition) is 0.